The van der Waals surface area contributed by atoms with Crippen molar-refractivity contribution in [1.82, 2.24) is 10.7 Å². The third kappa shape index (κ3) is 6.53. The van der Waals surface area contributed by atoms with E-state index >= 15 is 0 Å². The zero-order valence-electron chi connectivity index (χ0n) is 18.8. The van der Waals surface area contributed by atoms with Crippen molar-refractivity contribution < 1.29 is 8.42 Å². The first-order valence-electron chi connectivity index (χ1n) is 10.9. The van der Waals surface area contributed by atoms with E-state index in [9.17, 15) is 8.42 Å². The molecule has 0 spiro atoms. The number of hydrogen-bond acceptors (Lipinski definition) is 5. The number of amidine groups is 1. The molecule has 0 aliphatic rings. The average Bonchev–Trinajstić information content (AvgIpc) is 2.91. The molecule has 0 atom stereocenters. The van der Waals surface area contributed by atoms with Crippen LogP contribution in [0.3, 0.4) is 0 Å². The van der Waals surface area contributed by atoms with Crippen LogP contribution in [0.2, 0.25) is 0 Å². The van der Waals surface area contributed by atoms with Crippen LogP contribution in [0.1, 0.15) is 5.56 Å². The third-order valence-electron chi connectivity index (χ3n) is 5.02. The van der Waals surface area contributed by atoms with Crippen molar-refractivity contribution in [2.75, 3.05) is 10.9 Å². The van der Waals surface area contributed by atoms with Gasteiger partial charge in [-0.25, -0.2) is 8.42 Å². The molecule has 2 N–H and O–H groups in total. The Morgan fingerprint density at radius 2 is 1.17 bits per heavy atom. The lowest BCUT2D eigenvalue weighted by Crippen LogP contribution is -2.47. The molecule has 0 fully saturated rings. The summed E-state index contributed by atoms with van der Waals surface area (Å²) in [4.78, 5) is 4.63. The summed E-state index contributed by atoms with van der Waals surface area (Å²) in [6.07, 6.45) is 0. The summed E-state index contributed by atoms with van der Waals surface area (Å²) in [6, 6.07) is 37.0. The van der Waals surface area contributed by atoms with E-state index in [1.807, 2.05) is 96.0 Å². The van der Waals surface area contributed by atoms with E-state index in [2.05, 4.69) is 15.7 Å². The van der Waals surface area contributed by atoms with Gasteiger partial charge in [-0.05, 0) is 48.6 Å². The van der Waals surface area contributed by atoms with E-state index in [0.717, 1.165) is 11.4 Å². The molecule has 0 heterocycles. The molecule has 0 aliphatic carbocycles. The quantitative estimate of drug-likeness (QED) is 0.160. The molecular weight excluding hydrogens is 476 g/mol. The highest BCUT2D eigenvalue weighted by atomic mass is 32.2. The Labute approximate surface area is 210 Å². The lowest BCUT2D eigenvalue weighted by Gasteiger charge is -2.27. The molecule has 4 rings (SSSR count). The maximum absolute atomic E-state index is 12.8. The number of rotatable bonds is 7. The van der Waals surface area contributed by atoms with Crippen molar-refractivity contribution >= 4 is 44.4 Å². The Morgan fingerprint density at radius 1 is 0.714 bits per heavy atom. The number of nitrogens with one attached hydrogen (secondary N) is 2. The number of nitrogens with zero attached hydrogens (tertiary/aromatic N) is 2. The van der Waals surface area contributed by atoms with Crippen LogP contribution in [-0.2, 0) is 9.84 Å². The van der Waals surface area contributed by atoms with E-state index in [-0.39, 0.29) is 10.0 Å². The smallest absolute Gasteiger partial charge is 0.198 e. The first-order valence-corrected chi connectivity index (χ1v) is 12.9. The van der Waals surface area contributed by atoms with Gasteiger partial charge in [0.15, 0.2) is 14.9 Å². The van der Waals surface area contributed by atoms with Gasteiger partial charge >= 0.3 is 0 Å². The van der Waals surface area contributed by atoms with Crippen molar-refractivity contribution in [2.45, 2.75) is 4.90 Å². The first-order chi connectivity index (χ1) is 17.0. The van der Waals surface area contributed by atoms with Crippen LogP contribution in [0.25, 0.3) is 0 Å². The predicted molar refractivity (Wildman–Crippen MR) is 145 cm³/mol. The molecule has 35 heavy (non-hydrogen) atoms. The van der Waals surface area contributed by atoms with Crippen LogP contribution >= 0.6 is 12.2 Å². The van der Waals surface area contributed by atoms with Gasteiger partial charge in [0.25, 0.3) is 0 Å². The van der Waals surface area contributed by atoms with E-state index in [1.54, 1.807) is 30.3 Å². The Hall–Kier alpha value is -4.01. The minimum absolute atomic E-state index is 0.219. The number of thiocarbonyl (C=S) groups is 1. The maximum atomic E-state index is 12.8. The average molecular weight is 501 g/mol. The predicted octanol–water partition coefficient (Wildman–Crippen LogP) is 5.08. The molecule has 4 aromatic rings. The Balaban J connectivity index is 1.59. The minimum atomic E-state index is -3.61. The summed E-state index contributed by atoms with van der Waals surface area (Å²) in [7, 11) is -3.61. The molecule has 0 aliphatic heterocycles. The highest BCUT2D eigenvalue weighted by molar-refractivity contribution is 7.91. The van der Waals surface area contributed by atoms with E-state index in [1.165, 1.54) is 0 Å². The number of hydrogen-bond donors (Lipinski definition) is 2. The maximum Gasteiger partial charge on any atom is 0.198 e. The van der Waals surface area contributed by atoms with Crippen LogP contribution in [0.15, 0.2) is 131 Å². The monoisotopic (exact) mass is 500 g/mol. The number of sulfone groups is 1. The van der Waals surface area contributed by atoms with Gasteiger partial charge in [-0.15, -0.1) is 0 Å². The van der Waals surface area contributed by atoms with Crippen molar-refractivity contribution in [3.63, 3.8) is 0 Å². The molecule has 176 valence electrons. The third-order valence-corrected chi connectivity index (χ3v) is 6.67. The number of hydrazine groups is 1. The number of benzene rings is 4. The molecular formula is C27H24N4O2S2. The Bertz CT molecular complexity index is 1340. The highest BCUT2D eigenvalue weighted by Gasteiger charge is 2.16. The molecule has 6 nitrogen and oxygen atoms in total. The second-order valence-corrected chi connectivity index (χ2v) is 9.87. The number of aliphatic imine (C=N–C) groups is 1. The molecule has 0 saturated heterocycles. The molecule has 4 aromatic carbocycles. The van der Waals surface area contributed by atoms with Crippen LogP contribution in [0.4, 0.5) is 11.4 Å². The lowest BCUT2D eigenvalue weighted by atomic mass is 10.2. The van der Waals surface area contributed by atoms with Crippen LogP contribution in [0, 0.1) is 0 Å². The number of anilines is 2. The van der Waals surface area contributed by atoms with Gasteiger partial charge in [0.1, 0.15) is 11.7 Å². The fourth-order valence-electron chi connectivity index (χ4n) is 3.32. The van der Waals surface area contributed by atoms with Crippen molar-refractivity contribution in [3.8, 4) is 0 Å². The van der Waals surface area contributed by atoms with Crippen LogP contribution in [0.5, 0.6) is 0 Å². The molecule has 0 bridgehead atoms. The Kier molecular flexibility index (Phi) is 7.87. The molecule has 0 amide bonds. The van der Waals surface area contributed by atoms with Crippen molar-refractivity contribution in [3.05, 3.63) is 127 Å². The van der Waals surface area contributed by atoms with Gasteiger partial charge in [0.2, 0.25) is 0 Å². The molecule has 0 saturated carbocycles. The molecule has 0 aromatic heterocycles. The summed E-state index contributed by atoms with van der Waals surface area (Å²) in [5, 5.41) is 5.20. The topological polar surface area (TPSA) is 73.8 Å². The molecule has 0 radical (unpaired) electrons. The van der Waals surface area contributed by atoms with Gasteiger partial charge in [0, 0.05) is 5.56 Å². The fraction of sp³-hybridized carbons (Fsp3) is 0.0370. The van der Waals surface area contributed by atoms with Gasteiger partial charge in [0.05, 0.1) is 16.3 Å². The largest absolute Gasteiger partial charge is 0.316 e. The first kappa shape index (κ1) is 24.1. The number of para-hydroxylation sites is 2. The van der Waals surface area contributed by atoms with Crippen LogP contribution < -0.4 is 15.8 Å². The fourth-order valence-corrected chi connectivity index (χ4v) is 4.53. The van der Waals surface area contributed by atoms with Crippen molar-refractivity contribution in [2.24, 2.45) is 4.99 Å². The van der Waals surface area contributed by atoms with Gasteiger partial charge in [-0.1, -0.05) is 84.9 Å². The standard InChI is InChI=1S/C27H24N4O2S2/c32-35(33,25-19-11-4-12-20-25)21-28-26(22-13-5-1-6-14-22)29-27(34)30-31(23-15-7-2-8-16-23)24-17-9-3-10-18-24/h1-20H,21H2,(H2,28,29,30,34). The van der Waals surface area contributed by atoms with Gasteiger partial charge in [-0.3, -0.25) is 15.4 Å². The normalized spacial score (nSPS) is 11.5. The summed E-state index contributed by atoms with van der Waals surface area (Å²) in [5.74, 6) is -0.0681. The van der Waals surface area contributed by atoms with Crippen molar-refractivity contribution in [1.29, 1.82) is 0 Å². The van der Waals surface area contributed by atoms with Crippen LogP contribution in [-0.4, -0.2) is 25.2 Å². The van der Waals surface area contributed by atoms with Gasteiger partial charge < -0.3 is 5.32 Å². The highest BCUT2D eigenvalue weighted by Crippen LogP contribution is 2.22. The SMILES string of the molecule is O=S(=O)(CN=C(NC(=S)NN(c1ccccc1)c1ccccc1)c1ccccc1)c1ccccc1. The summed E-state index contributed by atoms with van der Waals surface area (Å²) >= 11 is 5.61. The second-order valence-electron chi connectivity index (χ2n) is 7.50. The summed E-state index contributed by atoms with van der Waals surface area (Å²) in [5.41, 5.74) is 5.68. The van der Waals surface area contributed by atoms with E-state index < -0.39 is 15.7 Å². The zero-order chi connectivity index (χ0) is 24.5. The van der Waals surface area contributed by atoms with Gasteiger partial charge in [-0.2, -0.15) is 0 Å². The zero-order valence-corrected chi connectivity index (χ0v) is 20.4. The second kappa shape index (κ2) is 11.4. The summed E-state index contributed by atoms with van der Waals surface area (Å²) < 4.78 is 25.6. The molecule has 0 unspecified atom stereocenters. The lowest BCUT2D eigenvalue weighted by molar-refractivity contribution is 0.596. The van der Waals surface area contributed by atoms with E-state index in [4.69, 9.17) is 12.2 Å². The Morgan fingerprint density at radius 3 is 1.69 bits per heavy atom. The summed E-state index contributed by atoms with van der Waals surface area (Å²) in [6.45, 7) is 0. The molecule has 8 heteroatoms. The van der Waals surface area contributed by atoms with E-state index in [0.29, 0.717) is 11.4 Å². The minimum Gasteiger partial charge on any atom is -0.316 e.